The van der Waals surface area contributed by atoms with Crippen LogP contribution in [0.3, 0.4) is 0 Å². The van der Waals surface area contributed by atoms with Crippen molar-refractivity contribution in [1.82, 2.24) is 4.90 Å². The number of carbonyl (C=O) groups excluding carboxylic acids is 3. The number of fused-ring (bicyclic) bond motifs is 1. The van der Waals surface area contributed by atoms with Gasteiger partial charge in [0.05, 0.1) is 37.2 Å². The molecule has 3 aliphatic rings. The van der Waals surface area contributed by atoms with Crippen molar-refractivity contribution in [2.75, 3.05) is 24.7 Å². The van der Waals surface area contributed by atoms with Crippen LogP contribution in [0.2, 0.25) is 0 Å². The van der Waals surface area contributed by atoms with E-state index in [9.17, 15) is 19.5 Å². The van der Waals surface area contributed by atoms with Crippen LogP contribution < -0.4 is 4.90 Å². The van der Waals surface area contributed by atoms with Crippen LogP contribution >= 0.6 is 15.9 Å². The van der Waals surface area contributed by atoms with Gasteiger partial charge in [-0.05, 0) is 50.7 Å². The van der Waals surface area contributed by atoms with Gasteiger partial charge in [0.15, 0.2) is 0 Å². The second-order valence-corrected chi connectivity index (χ2v) is 12.3. The molecule has 1 spiro atoms. The number of ether oxygens (including phenoxy) is 2. The molecule has 9 heteroatoms. The topological polar surface area (TPSA) is 96.4 Å². The fourth-order valence-electron chi connectivity index (χ4n) is 6.87. The average molecular weight is 592 g/mol. The van der Waals surface area contributed by atoms with Gasteiger partial charge in [-0.3, -0.25) is 14.4 Å². The average Bonchev–Trinajstić information content (AvgIpc) is 3.45. The molecule has 3 unspecified atom stereocenters. The zero-order valence-electron chi connectivity index (χ0n) is 22.9. The fraction of sp³-hybridized carbons (Fsp3) is 0.621. The number of benzene rings is 1. The molecule has 0 aliphatic carbocycles. The number of carbonyl (C=O) groups is 3. The van der Waals surface area contributed by atoms with Crippen molar-refractivity contribution in [2.24, 2.45) is 17.8 Å². The van der Waals surface area contributed by atoms with Crippen LogP contribution in [0, 0.1) is 31.6 Å². The van der Waals surface area contributed by atoms with E-state index < -0.39 is 41.6 Å². The van der Waals surface area contributed by atoms with E-state index in [0.29, 0.717) is 12.8 Å². The summed E-state index contributed by atoms with van der Waals surface area (Å²) in [5, 5.41) is 10.5. The summed E-state index contributed by atoms with van der Waals surface area (Å²) in [6, 6.07) is 4.22. The van der Waals surface area contributed by atoms with Gasteiger partial charge in [0.1, 0.15) is 11.6 Å². The molecule has 1 aromatic carbocycles. The lowest BCUT2D eigenvalue weighted by Gasteiger charge is -2.40. The monoisotopic (exact) mass is 590 g/mol. The molecule has 4 rings (SSSR count). The molecule has 2 bridgehead atoms. The molecule has 8 nitrogen and oxygen atoms in total. The van der Waals surface area contributed by atoms with E-state index in [4.69, 9.17) is 9.47 Å². The van der Waals surface area contributed by atoms with Gasteiger partial charge >= 0.3 is 5.97 Å². The summed E-state index contributed by atoms with van der Waals surface area (Å²) in [4.78, 5) is 45.1. The number of amides is 2. The molecule has 3 fully saturated rings. The van der Waals surface area contributed by atoms with Gasteiger partial charge in [-0.2, -0.15) is 0 Å². The van der Waals surface area contributed by atoms with E-state index in [1.54, 1.807) is 17.9 Å². The number of aliphatic hydroxyl groups excluding tert-OH is 1. The Kier molecular flexibility index (Phi) is 8.40. The van der Waals surface area contributed by atoms with E-state index in [2.05, 4.69) is 22.5 Å². The van der Waals surface area contributed by atoms with Gasteiger partial charge in [-0.25, -0.2) is 0 Å². The molecular formula is C29H39BrN2O6. The molecule has 7 atom stereocenters. The van der Waals surface area contributed by atoms with Crippen LogP contribution in [0.5, 0.6) is 0 Å². The van der Waals surface area contributed by atoms with Crippen molar-refractivity contribution in [1.29, 1.82) is 0 Å². The zero-order chi connectivity index (χ0) is 27.9. The zero-order valence-corrected chi connectivity index (χ0v) is 24.4. The van der Waals surface area contributed by atoms with Crippen molar-refractivity contribution in [3.63, 3.8) is 0 Å². The fourth-order valence-corrected chi connectivity index (χ4v) is 7.81. The van der Waals surface area contributed by atoms with Gasteiger partial charge < -0.3 is 24.4 Å². The summed E-state index contributed by atoms with van der Waals surface area (Å²) >= 11 is 3.68. The number of hydrogen-bond acceptors (Lipinski definition) is 6. The van der Waals surface area contributed by atoms with Crippen LogP contribution in [0.25, 0.3) is 0 Å². The van der Waals surface area contributed by atoms with Crippen LogP contribution in [-0.2, 0) is 23.9 Å². The summed E-state index contributed by atoms with van der Waals surface area (Å²) in [6.45, 7) is 13.6. The van der Waals surface area contributed by atoms with Gasteiger partial charge in [0, 0.05) is 17.1 Å². The molecule has 2 amide bonds. The molecule has 208 valence electrons. The number of rotatable bonds is 10. The maximum atomic E-state index is 14.7. The van der Waals surface area contributed by atoms with E-state index in [1.807, 2.05) is 45.9 Å². The van der Waals surface area contributed by atoms with Crippen LogP contribution in [0.15, 0.2) is 30.9 Å². The molecule has 1 aromatic rings. The lowest BCUT2D eigenvalue weighted by atomic mass is 9.70. The highest BCUT2D eigenvalue weighted by atomic mass is 79.9. The minimum absolute atomic E-state index is 0.165. The standard InChI is InChI=1S/C29H39BrN2O6/c1-7-12-31(23-17(5)10-9-11-18(23)6)27(35)25-29-14-20(30)24(38-29)21(28(36)37-8-2)22(29)26(34)32(25)19(15-33)13-16(3)4/h7,9-11,16,19-22,24-25,33H,1,8,12-15H2,2-6H3/t19-,20?,21-,22+,24-,25?,29?/m1/s1. The SMILES string of the molecule is C=CCN(C(=O)C1N([C@@H](CO)CC(C)C)C(=O)[C@@H]2[C@@H](C(=O)OCC)[C@@H]3OC12CC3Br)c1c(C)cccc1C. The molecule has 0 aromatic heterocycles. The van der Waals surface area contributed by atoms with E-state index in [-0.39, 0.29) is 42.3 Å². The highest BCUT2D eigenvalue weighted by Crippen LogP contribution is 2.61. The molecule has 0 radical (unpaired) electrons. The third-order valence-corrected chi connectivity index (χ3v) is 9.00. The van der Waals surface area contributed by atoms with E-state index in [1.165, 1.54) is 4.90 Å². The minimum atomic E-state index is -1.22. The largest absolute Gasteiger partial charge is 0.466 e. The first-order chi connectivity index (χ1) is 18.0. The Morgan fingerprint density at radius 3 is 2.55 bits per heavy atom. The summed E-state index contributed by atoms with van der Waals surface area (Å²) in [6.07, 6.45) is 1.99. The van der Waals surface area contributed by atoms with Crippen molar-refractivity contribution in [3.8, 4) is 0 Å². The molecule has 38 heavy (non-hydrogen) atoms. The first-order valence-electron chi connectivity index (χ1n) is 13.4. The van der Waals surface area contributed by atoms with Crippen LogP contribution in [0.4, 0.5) is 5.69 Å². The minimum Gasteiger partial charge on any atom is -0.466 e. The molecule has 0 saturated carbocycles. The number of alkyl halides is 1. The summed E-state index contributed by atoms with van der Waals surface area (Å²) in [5.41, 5.74) is 1.39. The molecule has 3 saturated heterocycles. The van der Waals surface area contributed by atoms with Gasteiger partial charge in [-0.15, -0.1) is 6.58 Å². The number of para-hydroxylation sites is 1. The Balaban J connectivity index is 1.88. The number of aliphatic hydroxyl groups is 1. The highest BCUT2D eigenvalue weighted by Gasteiger charge is 2.77. The maximum absolute atomic E-state index is 14.7. The predicted octanol–water partition coefficient (Wildman–Crippen LogP) is 3.54. The lowest BCUT2D eigenvalue weighted by molar-refractivity contribution is -0.155. The normalized spacial score (nSPS) is 30.5. The smallest absolute Gasteiger partial charge is 0.312 e. The third kappa shape index (κ3) is 4.50. The summed E-state index contributed by atoms with van der Waals surface area (Å²) < 4.78 is 12.0. The second kappa shape index (κ2) is 11.1. The summed E-state index contributed by atoms with van der Waals surface area (Å²) in [5.74, 6) is -2.64. The number of esters is 1. The number of aryl methyl sites for hydroxylation is 2. The molecular weight excluding hydrogens is 552 g/mol. The lowest BCUT2D eigenvalue weighted by Crippen LogP contribution is -2.59. The number of hydrogen-bond donors (Lipinski definition) is 1. The molecule has 3 heterocycles. The Bertz CT molecular complexity index is 1090. The van der Waals surface area contributed by atoms with E-state index in [0.717, 1.165) is 16.8 Å². The number of halogens is 1. The Morgan fingerprint density at radius 1 is 1.34 bits per heavy atom. The Labute approximate surface area is 233 Å². The number of nitrogens with zero attached hydrogens (tertiary/aromatic N) is 2. The van der Waals surface area contributed by atoms with Gasteiger partial charge in [-0.1, -0.05) is 54.1 Å². The van der Waals surface area contributed by atoms with Crippen molar-refractivity contribution in [2.45, 2.75) is 76.1 Å². The van der Waals surface area contributed by atoms with Gasteiger partial charge in [0.2, 0.25) is 5.91 Å². The van der Waals surface area contributed by atoms with Crippen LogP contribution in [-0.4, -0.2) is 76.2 Å². The van der Waals surface area contributed by atoms with E-state index >= 15 is 0 Å². The molecule has 1 N–H and O–H groups in total. The Morgan fingerprint density at radius 2 is 2.00 bits per heavy atom. The van der Waals surface area contributed by atoms with Crippen LogP contribution in [0.1, 0.15) is 44.7 Å². The first-order valence-corrected chi connectivity index (χ1v) is 14.4. The summed E-state index contributed by atoms with van der Waals surface area (Å²) in [7, 11) is 0. The number of likely N-dealkylation sites (tertiary alicyclic amines) is 1. The number of anilines is 1. The van der Waals surface area contributed by atoms with Gasteiger partial charge in [0.25, 0.3) is 5.91 Å². The quantitative estimate of drug-likeness (QED) is 0.254. The maximum Gasteiger partial charge on any atom is 0.312 e. The van der Waals surface area contributed by atoms with Crippen molar-refractivity contribution < 1.29 is 29.0 Å². The Hall–Kier alpha value is -2.23. The molecule has 3 aliphatic heterocycles. The third-order valence-electron chi connectivity index (χ3n) is 8.15. The highest BCUT2D eigenvalue weighted by molar-refractivity contribution is 9.09. The van der Waals surface area contributed by atoms with Crippen molar-refractivity contribution >= 4 is 39.4 Å². The van der Waals surface area contributed by atoms with Crippen molar-refractivity contribution in [3.05, 3.63) is 42.0 Å². The predicted molar refractivity (Wildman–Crippen MR) is 148 cm³/mol. The second-order valence-electron chi connectivity index (χ2n) is 11.1. The first kappa shape index (κ1) is 28.8.